The third-order valence-electron chi connectivity index (χ3n) is 2.89. The molecule has 0 saturated carbocycles. The molecule has 0 spiro atoms. The van der Waals surface area contributed by atoms with Crippen LogP contribution < -0.4 is 9.64 Å². The van der Waals surface area contributed by atoms with Gasteiger partial charge in [-0.05, 0) is 41.4 Å². The summed E-state index contributed by atoms with van der Waals surface area (Å²) < 4.78 is 39.8. The van der Waals surface area contributed by atoms with Crippen molar-refractivity contribution in [1.29, 1.82) is 0 Å². The number of aromatic nitrogens is 4. The second-order valence-corrected chi connectivity index (χ2v) is 6.77. The van der Waals surface area contributed by atoms with Gasteiger partial charge in [0.1, 0.15) is 0 Å². The molecule has 1 heterocycles. The fourth-order valence-electron chi connectivity index (χ4n) is 1.69. The molecule has 0 amide bonds. The zero-order chi connectivity index (χ0) is 18.2. The summed E-state index contributed by atoms with van der Waals surface area (Å²) in [5, 5.41) is 20.5. The Morgan fingerprint density at radius 2 is 1.65 bits per heavy atom. The van der Waals surface area contributed by atoms with Gasteiger partial charge in [-0.15, -0.1) is 0 Å². The molecule has 0 fully saturated rings. The predicted molar refractivity (Wildman–Crippen MR) is 81.0 cm³/mol. The molecule has 0 unspecified atom stereocenters. The number of hydrogen-bond donors (Lipinski definition) is 0. The number of fused-ring (bicyclic) bond motifs is 1. The molecular weight excluding hydrogens is 383 g/mol. The standard InChI is InChI=1S/C12H16BrN4O.BF4/c1-7-6-9(13)10-11(8(7)2)16(18)15-17(14-10)12(3,4)5;2-1(3,4)5/h6H,1-5H3;/q+1;-1. The highest BCUT2D eigenvalue weighted by molar-refractivity contribution is 9.10. The third kappa shape index (κ3) is 5.26. The molecule has 0 aliphatic rings. The summed E-state index contributed by atoms with van der Waals surface area (Å²) in [5.74, 6) is 0. The van der Waals surface area contributed by atoms with E-state index in [0.717, 1.165) is 15.6 Å². The number of nitrogens with zero attached hydrogens (tertiary/aromatic N) is 4. The van der Waals surface area contributed by atoms with Crippen LogP contribution in [0.25, 0.3) is 11.0 Å². The summed E-state index contributed by atoms with van der Waals surface area (Å²) in [7, 11) is -6.00. The van der Waals surface area contributed by atoms with Crippen LogP contribution in [0.15, 0.2) is 10.5 Å². The SMILES string of the molecule is Cc1cc(Br)c2n[n+](C(C)(C)C)n[n+]([O-])c2c1C.F[B-](F)(F)F. The van der Waals surface area contributed by atoms with E-state index < -0.39 is 7.25 Å². The highest BCUT2D eigenvalue weighted by Crippen LogP contribution is 2.24. The third-order valence-corrected chi connectivity index (χ3v) is 3.50. The smallest absolute Gasteiger partial charge is 0.590 e. The Bertz CT molecular complexity index is 728. The lowest BCUT2D eigenvalue weighted by Crippen LogP contribution is -2.62. The van der Waals surface area contributed by atoms with E-state index >= 15 is 0 Å². The van der Waals surface area contributed by atoms with Gasteiger partial charge in [-0.25, -0.2) is 0 Å². The highest BCUT2D eigenvalue weighted by Gasteiger charge is 2.32. The highest BCUT2D eigenvalue weighted by atomic mass is 79.9. The van der Waals surface area contributed by atoms with Gasteiger partial charge in [0.2, 0.25) is 11.1 Å². The quantitative estimate of drug-likeness (QED) is 0.296. The van der Waals surface area contributed by atoms with Crippen LogP contribution in [0, 0.1) is 19.1 Å². The van der Waals surface area contributed by atoms with Gasteiger partial charge in [0, 0.05) is 36.3 Å². The predicted octanol–water partition coefficient (Wildman–Crippen LogP) is 2.99. The summed E-state index contributed by atoms with van der Waals surface area (Å²) in [6.07, 6.45) is 0. The summed E-state index contributed by atoms with van der Waals surface area (Å²) >= 11 is 3.46. The molecular formula is C12H16BBrF4N4O. The molecule has 5 nitrogen and oxygen atoms in total. The Labute approximate surface area is 139 Å². The zero-order valence-electron chi connectivity index (χ0n) is 13.2. The van der Waals surface area contributed by atoms with Crippen molar-refractivity contribution < 1.29 is 26.9 Å². The maximum absolute atomic E-state index is 12.1. The molecule has 0 saturated heterocycles. The summed E-state index contributed by atoms with van der Waals surface area (Å²) in [5.41, 5.74) is 2.76. The van der Waals surface area contributed by atoms with Crippen molar-refractivity contribution in [2.75, 3.05) is 0 Å². The van der Waals surface area contributed by atoms with Crippen LogP contribution >= 0.6 is 15.9 Å². The molecule has 11 heteroatoms. The first-order valence-electron chi connectivity index (χ1n) is 6.59. The first-order chi connectivity index (χ1) is 10.2. The molecule has 1 aromatic carbocycles. The molecule has 0 atom stereocenters. The van der Waals surface area contributed by atoms with Crippen LogP contribution in [0.1, 0.15) is 31.9 Å². The molecule has 2 aromatic rings. The molecule has 23 heavy (non-hydrogen) atoms. The van der Waals surface area contributed by atoms with Crippen molar-refractivity contribution in [2.24, 2.45) is 0 Å². The van der Waals surface area contributed by atoms with Crippen molar-refractivity contribution >= 4 is 34.2 Å². The van der Waals surface area contributed by atoms with E-state index in [-0.39, 0.29) is 5.54 Å². The van der Waals surface area contributed by atoms with Crippen LogP contribution in [-0.4, -0.2) is 17.6 Å². The first kappa shape index (κ1) is 19.5. The van der Waals surface area contributed by atoms with Crippen molar-refractivity contribution in [3.8, 4) is 0 Å². The minimum Gasteiger partial charge on any atom is -0.590 e. The first-order valence-corrected chi connectivity index (χ1v) is 7.39. The molecule has 0 radical (unpaired) electrons. The van der Waals surface area contributed by atoms with Gasteiger partial charge in [0.15, 0.2) is 0 Å². The lowest BCUT2D eigenvalue weighted by atomic mass is 10.1. The van der Waals surface area contributed by atoms with E-state index in [1.54, 1.807) is 0 Å². The fraction of sp³-hybridized carbons (Fsp3) is 0.500. The Morgan fingerprint density at radius 3 is 2.09 bits per heavy atom. The summed E-state index contributed by atoms with van der Waals surface area (Å²) in [4.78, 5) is 2.10. The Balaban J connectivity index is 0.000000463. The molecule has 128 valence electrons. The largest absolute Gasteiger partial charge is 0.673 e. The number of hydrogen-bond acceptors (Lipinski definition) is 3. The van der Waals surface area contributed by atoms with Gasteiger partial charge in [0.05, 0.1) is 9.27 Å². The van der Waals surface area contributed by atoms with Gasteiger partial charge in [-0.3, -0.25) is 0 Å². The summed E-state index contributed by atoms with van der Waals surface area (Å²) in [6.45, 7) is 9.73. The number of aryl methyl sites for hydroxylation is 2. The molecule has 2 rings (SSSR count). The summed E-state index contributed by atoms with van der Waals surface area (Å²) in [6, 6.07) is 1.97. The van der Waals surface area contributed by atoms with E-state index in [4.69, 9.17) is 0 Å². The fourth-order valence-corrected chi connectivity index (χ4v) is 2.30. The van der Waals surface area contributed by atoms with Crippen molar-refractivity contribution in [3.63, 3.8) is 0 Å². The van der Waals surface area contributed by atoms with E-state index in [2.05, 4.69) is 26.2 Å². The van der Waals surface area contributed by atoms with Gasteiger partial charge in [-0.2, -0.15) is 0 Å². The maximum Gasteiger partial charge on any atom is 0.673 e. The average Bonchev–Trinajstić information content (AvgIpc) is 2.32. The lowest BCUT2D eigenvalue weighted by Gasteiger charge is -2.08. The molecule has 0 bridgehead atoms. The number of rotatable bonds is 0. The van der Waals surface area contributed by atoms with Gasteiger partial charge in [0.25, 0.3) is 5.52 Å². The second kappa shape index (κ2) is 6.54. The monoisotopic (exact) mass is 398 g/mol. The van der Waals surface area contributed by atoms with Crippen LogP contribution in [0.4, 0.5) is 17.3 Å². The Morgan fingerprint density at radius 1 is 1.17 bits per heavy atom. The molecule has 0 aliphatic heterocycles. The Hall–Kier alpha value is -1.52. The average molecular weight is 399 g/mol. The van der Waals surface area contributed by atoms with E-state index in [1.165, 1.54) is 4.80 Å². The molecule has 1 aromatic heterocycles. The van der Waals surface area contributed by atoms with Crippen molar-refractivity contribution in [2.45, 2.75) is 40.2 Å². The van der Waals surface area contributed by atoms with Crippen LogP contribution in [-0.2, 0) is 5.54 Å². The minimum absolute atomic E-state index is 0.335. The molecule has 0 N–H and O–H groups in total. The second-order valence-electron chi connectivity index (χ2n) is 5.92. The van der Waals surface area contributed by atoms with Crippen LogP contribution in [0.2, 0.25) is 0 Å². The van der Waals surface area contributed by atoms with Gasteiger partial charge >= 0.3 is 12.5 Å². The van der Waals surface area contributed by atoms with E-state index in [0.29, 0.717) is 15.9 Å². The zero-order valence-corrected chi connectivity index (χ0v) is 14.8. The van der Waals surface area contributed by atoms with Gasteiger partial charge in [-0.1, -0.05) is 0 Å². The van der Waals surface area contributed by atoms with Crippen molar-refractivity contribution in [3.05, 3.63) is 26.9 Å². The van der Waals surface area contributed by atoms with E-state index in [9.17, 15) is 22.5 Å². The van der Waals surface area contributed by atoms with Crippen molar-refractivity contribution in [1.82, 2.24) is 10.3 Å². The van der Waals surface area contributed by atoms with Crippen LogP contribution in [0.5, 0.6) is 0 Å². The Kier molecular flexibility index (Phi) is 5.55. The van der Waals surface area contributed by atoms with E-state index in [1.807, 2.05) is 40.7 Å². The number of halogens is 5. The number of benzene rings is 1. The lowest BCUT2D eigenvalue weighted by molar-refractivity contribution is -0.941. The molecule has 0 aliphatic carbocycles. The maximum atomic E-state index is 12.1. The van der Waals surface area contributed by atoms with Gasteiger partial charge < -0.3 is 22.5 Å². The minimum atomic E-state index is -6.00. The topological polar surface area (TPSA) is 56.6 Å². The normalized spacial score (nSPS) is 12.1. The van der Waals surface area contributed by atoms with Crippen LogP contribution in [0.3, 0.4) is 0 Å².